The van der Waals surface area contributed by atoms with E-state index in [1.165, 1.54) is 0 Å². The number of rotatable bonds is 4. The molecule has 1 saturated heterocycles. The van der Waals surface area contributed by atoms with Crippen molar-refractivity contribution in [2.24, 2.45) is 0 Å². The normalized spacial score (nSPS) is 15.8. The van der Waals surface area contributed by atoms with Crippen LogP contribution in [0.1, 0.15) is 33.0 Å². The molecule has 1 N–H and O–H groups in total. The molecule has 0 radical (unpaired) electrons. The number of carbonyl (C=O) groups is 2. The number of nitrogens with one attached hydrogen (secondary N) is 1. The molecule has 0 saturated carbocycles. The fraction of sp³-hybridized carbons (Fsp3) is 0.259. The largest absolute Gasteiger partial charge is 0.457 e. The highest BCUT2D eigenvalue weighted by atomic mass is 16.5. The Kier molecular flexibility index (Phi) is 5.84. The second-order valence-electron chi connectivity index (χ2n) is 8.62. The third kappa shape index (κ3) is 4.34. The molecule has 33 heavy (non-hydrogen) atoms. The second-order valence-corrected chi connectivity index (χ2v) is 8.62. The van der Waals surface area contributed by atoms with Crippen molar-refractivity contribution in [2.75, 3.05) is 33.2 Å². The molecule has 0 bridgehead atoms. The number of nitrogens with zero attached hydrogens (tertiary/aromatic N) is 2. The molecule has 2 aliphatic heterocycles. The molecule has 2 amide bonds. The predicted molar refractivity (Wildman–Crippen MR) is 126 cm³/mol. The van der Waals surface area contributed by atoms with Gasteiger partial charge >= 0.3 is 0 Å². The quantitative estimate of drug-likeness (QED) is 0.672. The Balaban J connectivity index is 1.27. The molecule has 168 valence electrons. The van der Waals surface area contributed by atoms with E-state index >= 15 is 0 Å². The SMILES string of the molecule is CN1CCN(C(=O)c2ccc(CNC(=O)C3c4ccccc4Oc4ccccc43)cc2)CC1. The van der Waals surface area contributed by atoms with Gasteiger partial charge in [-0.3, -0.25) is 9.59 Å². The third-order valence-electron chi connectivity index (χ3n) is 6.40. The molecule has 5 rings (SSSR count). The molecular weight excluding hydrogens is 414 g/mol. The van der Waals surface area contributed by atoms with Gasteiger partial charge in [-0.05, 0) is 36.9 Å². The van der Waals surface area contributed by atoms with Gasteiger partial charge in [-0.1, -0.05) is 48.5 Å². The summed E-state index contributed by atoms with van der Waals surface area (Å²) >= 11 is 0. The summed E-state index contributed by atoms with van der Waals surface area (Å²) in [5.74, 6) is 0.986. The first-order valence-electron chi connectivity index (χ1n) is 11.3. The number of benzene rings is 3. The summed E-state index contributed by atoms with van der Waals surface area (Å²) in [5, 5.41) is 3.07. The van der Waals surface area contributed by atoms with E-state index in [9.17, 15) is 9.59 Å². The number of amides is 2. The zero-order valence-corrected chi connectivity index (χ0v) is 18.7. The van der Waals surface area contributed by atoms with Crippen LogP contribution < -0.4 is 10.1 Å². The minimum Gasteiger partial charge on any atom is -0.457 e. The third-order valence-corrected chi connectivity index (χ3v) is 6.40. The van der Waals surface area contributed by atoms with Crippen LogP contribution in [0.4, 0.5) is 0 Å². The minimum atomic E-state index is -0.427. The van der Waals surface area contributed by atoms with Crippen molar-refractivity contribution in [3.8, 4) is 11.5 Å². The molecule has 0 aliphatic carbocycles. The van der Waals surface area contributed by atoms with Gasteiger partial charge in [-0.2, -0.15) is 0 Å². The molecule has 0 aromatic heterocycles. The van der Waals surface area contributed by atoms with Crippen LogP contribution in [-0.2, 0) is 11.3 Å². The zero-order chi connectivity index (χ0) is 22.8. The summed E-state index contributed by atoms with van der Waals surface area (Å²) in [5.41, 5.74) is 3.36. The van der Waals surface area contributed by atoms with Gasteiger partial charge in [0.2, 0.25) is 5.91 Å². The minimum absolute atomic E-state index is 0.0640. The van der Waals surface area contributed by atoms with Crippen molar-refractivity contribution < 1.29 is 14.3 Å². The van der Waals surface area contributed by atoms with Gasteiger partial charge in [0, 0.05) is 49.4 Å². The number of likely N-dealkylation sites (N-methyl/N-ethyl adjacent to an activating group) is 1. The van der Waals surface area contributed by atoms with E-state index in [0.717, 1.165) is 42.9 Å². The first-order valence-corrected chi connectivity index (χ1v) is 11.3. The molecule has 0 unspecified atom stereocenters. The van der Waals surface area contributed by atoms with Crippen LogP contribution in [-0.4, -0.2) is 54.8 Å². The molecule has 1 fully saturated rings. The number of hydrogen-bond donors (Lipinski definition) is 1. The number of hydrogen-bond acceptors (Lipinski definition) is 4. The molecular formula is C27H27N3O3. The summed E-state index contributed by atoms with van der Waals surface area (Å²) in [6.07, 6.45) is 0. The Hall–Kier alpha value is -3.64. The van der Waals surface area contributed by atoms with Crippen LogP contribution in [0.25, 0.3) is 0 Å². The van der Waals surface area contributed by atoms with Crippen molar-refractivity contribution in [3.05, 3.63) is 95.1 Å². The highest BCUT2D eigenvalue weighted by Crippen LogP contribution is 2.43. The maximum atomic E-state index is 13.3. The topological polar surface area (TPSA) is 61.9 Å². The van der Waals surface area contributed by atoms with Gasteiger partial charge in [-0.25, -0.2) is 0 Å². The lowest BCUT2D eigenvalue weighted by Gasteiger charge is -2.32. The van der Waals surface area contributed by atoms with E-state index < -0.39 is 5.92 Å². The summed E-state index contributed by atoms with van der Waals surface area (Å²) in [4.78, 5) is 30.2. The highest BCUT2D eigenvalue weighted by molar-refractivity contribution is 5.94. The van der Waals surface area contributed by atoms with E-state index in [4.69, 9.17) is 4.74 Å². The summed E-state index contributed by atoms with van der Waals surface area (Å²) in [7, 11) is 2.07. The summed E-state index contributed by atoms with van der Waals surface area (Å²) < 4.78 is 5.99. The van der Waals surface area contributed by atoms with Crippen molar-refractivity contribution in [2.45, 2.75) is 12.5 Å². The zero-order valence-electron chi connectivity index (χ0n) is 18.7. The molecule has 3 aromatic carbocycles. The van der Waals surface area contributed by atoms with Gasteiger partial charge in [-0.15, -0.1) is 0 Å². The van der Waals surface area contributed by atoms with Crippen molar-refractivity contribution in [3.63, 3.8) is 0 Å². The van der Waals surface area contributed by atoms with E-state index in [1.54, 1.807) is 0 Å². The fourth-order valence-electron chi connectivity index (χ4n) is 4.44. The highest BCUT2D eigenvalue weighted by Gasteiger charge is 2.32. The summed E-state index contributed by atoms with van der Waals surface area (Å²) in [6, 6.07) is 22.8. The van der Waals surface area contributed by atoms with Gasteiger partial charge in [0.1, 0.15) is 11.5 Å². The first kappa shape index (κ1) is 21.2. The predicted octanol–water partition coefficient (Wildman–Crippen LogP) is 3.63. The Labute approximate surface area is 193 Å². The average molecular weight is 442 g/mol. The first-order chi connectivity index (χ1) is 16.1. The molecule has 2 aliphatic rings. The fourth-order valence-corrected chi connectivity index (χ4v) is 4.44. The smallest absolute Gasteiger partial charge is 0.253 e. The van der Waals surface area contributed by atoms with E-state index in [2.05, 4.69) is 17.3 Å². The van der Waals surface area contributed by atoms with Crippen molar-refractivity contribution in [1.82, 2.24) is 15.1 Å². The van der Waals surface area contributed by atoms with Crippen LogP contribution in [0.15, 0.2) is 72.8 Å². The van der Waals surface area contributed by atoms with Crippen LogP contribution >= 0.6 is 0 Å². The van der Waals surface area contributed by atoms with Crippen LogP contribution in [0.3, 0.4) is 0 Å². The lowest BCUT2D eigenvalue weighted by atomic mass is 9.87. The van der Waals surface area contributed by atoms with Crippen LogP contribution in [0.5, 0.6) is 11.5 Å². The standard InChI is InChI=1S/C27H27N3O3/c1-29-14-16-30(17-15-29)27(32)20-12-10-19(11-13-20)18-28-26(31)25-21-6-2-4-8-23(21)33-24-9-5-3-7-22(24)25/h2-13,25H,14-18H2,1H3,(H,28,31). The molecule has 0 atom stereocenters. The molecule has 3 aromatic rings. The Bertz CT molecular complexity index is 1120. The van der Waals surface area contributed by atoms with Crippen molar-refractivity contribution >= 4 is 11.8 Å². The van der Waals surface area contributed by atoms with Gasteiger partial charge in [0.25, 0.3) is 5.91 Å². The number of fused-ring (bicyclic) bond motifs is 2. The lowest BCUT2D eigenvalue weighted by molar-refractivity contribution is -0.122. The average Bonchev–Trinajstić information content (AvgIpc) is 2.86. The van der Waals surface area contributed by atoms with Crippen LogP contribution in [0.2, 0.25) is 0 Å². The molecule has 2 heterocycles. The van der Waals surface area contributed by atoms with E-state index in [1.807, 2.05) is 77.7 Å². The molecule has 6 heteroatoms. The van der Waals surface area contributed by atoms with E-state index in [-0.39, 0.29) is 11.8 Å². The lowest BCUT2D eigenvalue weighted by Crippen LogP contribution is -2.47. The molecule has 0 spiro atoms. The molecule has 6 nitrogen and oxygen atoms in total. The van der Waals surface area contributed by atoms with Gasteiger partial charge in [0.15, 0.2) is 0 Å². The van der Waals surface area contributed by atoms with Crippen molar-refractivity contribution in [1.29, 1.82) is 0 Å². The Morgan fingerprint density at radius 2 is 1.42 bits per heavy atom. The van der Waals surface area contributed by atoms with Gasteiger partial charge < -0.3 is 19.9 Å². The summed E-state index contributed by atoms with van der Waals surface area (Å²) in [6.45, 7) is 3.69. The Morgan fingerprint density at radius 3 is 2.03 bits per heavy atom. The number of para-hydroxylation sites is 2. The Morgan fingerprint density at radius 1 is 0.848 bits per heavy atom. The van der Waals surface area contributed by atoms with Gasteiger partial charge in [0.05, 0.1) is 5.92 Å². The number of piperazine rings is 1. The number of ether oxygens (including phenoxy) is 1. The van der Waals surface area contributed by atoms with E-state index in [0.29, 0.717) is 23.6 Å². The monoisotopic (exact) mass is 441 g/mol. The maximum Gasteiger partial charge on any atom is 0.253 e. The second kappa shape index (κ2) is 9.08. The van der Waals surface area contributed by atoms with Crippen LogP contribution in [0, 0.1) is 0 Å². The number of carbonyl (C=O) groups excluding carboxylic acids is 2. The maximum absolute atomic E-state index is 13.3.